The largest absolute Gasteiger partial charge is 0.497 e. The number of hydrogen-bond acceptors (Lipinski definition) is 7. The number of rotatable bonds is 14. The first-order valence-electron chi connectivity index (χ1n) is 14.9. The first-order valence-corrected chi connectivity index (χ1v) is 14.9. The Bertz CT molecular complexity index is 1200. The van der Waals surface area contributed by atoms with Gasteiger partial charge in [-0.05, 0) is 35.2 Å². The van der Waals surface area contributed by atoms with Gasteiger partial charge in [0.2, 0.25) is 0 Å². The molecule has 2 fully saturated rings. The first kappa shape index (κ1) is 30.4. The van der Waals surface area contributed by atoms with Crippen molar-refractivity contribution in [3.8, 4) is 5.75 Å². The van der Waals surface area contributed by atoms with E-state index in [0.717, 1.165) is 28.7 Å². The van der Waals surface area contributed by atoms with E-state index in [1.807, 2.05) is 60.7 Å². The van der Waals surface area contributed by atoms with Crippen LogP contribution in [0.1, 0.15) is 42.9 Å². The van der Waals surface area contributed by atoms with Gasteiger partial charge in [0, 0.05) is 25.4 Å². The molecule has 0 radical (unpaired) electrons. The van der Waals surface area contributed by atoms with Crippen LogP contribution in [0.4, 0.5) is 0 Å². The van der Waals surface area contributed by atoms with Gasteiger partial charge < -0.3 is 33.2 Å². The van der Waals surface area contributed by atoms with Gasteiger partial charge in [-0.3, -0.25) is 0 Å². The molecule has 7 heteroatoms. The summed E-state index contributed by atoms with van der Waals surface area (Å²) in [6, 6.07) is 28.2. The quantitative estimate of drug-likeness (QED) is 0.175. The molecule has 3 aromatic carbocycles. The molecule has 0 aromatic heterocycles. The lowest BCUT2D eigenvalue weighted by Gasteiger charge is -2.51. The van der Waals surface area contributed by atoms with E-state index < -0.39 is 0 Å². The predicted molar refractivity (Wildman–Crippen MR) is 159 cm³/mol. The van der Waals surface area contributed by atoms with Crippen LogP contribution in [-0.4, -0.2) is 56.6 Å². The van der Waals surface area contributed by atoms with Gasteiger partial charge in [0.15, 0.2) is 0 Å². The molecular weight excluding hydrogens is 532 g/mol. The Kier molecular flexibility index (Phi) is 11.2. The van der Waals surface area contributed by atoms with Gasteiger partial charge in [0.25, 0.3) is 0 Å². The van der Waals surface area contributed by atoms with Crippen LogP contribution in [-0.2, 0) is 48.3 Å². The number of methoxy groups -OCH3 is 1. The van der Waals surface area contributed by atoms with Crippen LogP contribution in [0.25, 0.3) is 0 Å². The van der Waals surface area contributed by atoms with E-state index in [1.165, 1.54) is 0 Å². The Hall–Kier alpha value is -3.07. The fraction of sp³-hybridized carbons (Fsp3) is 0.457. The van der Waals surface area contributed by atoms with Crippen LogP contribution in [0.15, 0.2) is 84.9 Å². The highest BCUT2D eigenvalue weighted by molar-refractivity contribution is 5.50. The minimum atomic E-state index is -0.346. The number of carbonyl (C=O) groups excluding carboxylic acids is 1. The minimum absolute atomic E-state index is 0.0229. The zero-order chi connectivity index (χ0) is 29.1. The van der Waals surface area contributed by atoms with Gasteiger partial charge in [-0.25, -0.2) is 0 Å². The monoisotopic (exact) mass is 574 g/mol. The van der Waals surface area contributed by atoms with Crippen LogP contribution in [0, 0.1) is 5.92 Å². The summed E-state index contributed by atoms with van der Waals surface area (Å²) in [6.45, 7) is 4.17. The Balaban J connectivity index is 1.25. The number of hydrogen-bond donors (Lipinski definition) is 0. The summed E-state index contributed by atoms with van der Waals surface area (Å²) in [5.41, 5.74) is 3.29. The summed E-state index contributed by atoms with van der Waals surface area (Å²) in [5, 5.41) is 0. The number of ether oxygens (including phenoxy) is 6. The summed E-state index contributed by atoms with van der Waals surface area (Å²) < 4.78 is 37.5. The zero-order valence-corrected chi connectivity index (χ0v) is 24.5. The maximum absolute atomic E-state index is 11.6. The van der Waals surface area contributed by atoms with Crippen molar-refractivity contribution in [2.45, 2.75) is 82.6 Å². The fourth-order valence-corrected chi connectivity index (χ4v) is 5.94. The molecule has 42 heavy (non-hydrogen) atoms. The lowest BCUT2D eigenvalue weighted by Crippen LogP contribution is -2.60. The average molecular weight is 575 g/mol. The van der Waals surface area contributed by atoms with Crippen molar-refractivity contribution in [3.05, 3.63) is 102 Å². The summed E-state index contributed by atoms with van der Waals surface area (Å²) >= 11 is 0. The second-order valence-corrected chi connectivity index (χ2v) is 11.1. The van der Waals surface area contributed by atoms with Crippen LogP contribution < -0.4 is 4.74 Å². The Morgan fingerprint density at radius 2 is 1.43 bits per heavy atom. The van der Waals surface area contributed by atoms with Crippen molar-refractivity contribution in [2.24, 2.45) is 5.92 Å². The number of aldehydes is 1. The van der Waals surface area contributed by atoms with E-state index in [9.17, 15) is 4.79 Å². The van der Waals surface area contributed by atoms with Crippen molar-refractivity contribution in [3.63, 3.8) is 0 Å². The predicted octanol–water partition coefficient (Wildman–Crippen LogP) is 5.92. The lowest BCUT2D eigenvalue weighted by molar-refractivity contribution is -0.279. The van der Waals surface area contributed by atoms with Gasteiger partial charge in [-0.15, -0.1) is 0 Å². The van der Waals surface area contributed by atoms with Gasteiger partial charge >= 0.3 is 0 Å². The molecule has 2 aliphatic heterocycles. The Morgan fingerprint density at radius 3 is 2.10 bits per heavy atom. The Morgan fingerprint density at radius 1 is 0.786 bits per heavy atom. The summed E-state index contributed by atoms with van der Waals surface area (Å²) in [7, 11) is 1.65. The molecule has 2 saturated heterocycles. The maximum atomic E-state index is 11.6. The van der Waals surface area contributed by atoms with Crippen molar-refractivity contribution < 1.29 is 33.2 Å². The molecule has 0 aliphatic carbocycles. The molecule has 0 saturated carbocycles. The van der Waals surface area contributed by atoms with E-state index in [2.05, 4.69) is 31.2 Å². The molecule has 5 rings (SSSR count). The lowest BCUT2D eigenvalue weighted by atomic mass is 9.81. The van der Waals surface area contributed by atoms with Crippen LogP contribution in [0.5, 0.6) is 5.75 Å². The van der Waals surface area contributed by atoms with Crippen molar-refractivity contribution >= 4 is 6.29 Å². The molecule has 7 atom stereocenters. The van der Waals surface area contributed by atoms with Crippen molar-refractivity contribution in [2.75, 3.05) is 13.7 Å². The van der Waals surface area contributed by atoms with Crippen LogP contribution in [0.3, 0.4) is 0 Å². The molecule has 0 unspecified atom stereocenters. The van der Waals surface area contributed by atoms with Gasteiger partial charge in [0.05, 0.1) is 63.6 Å². The fourth-order valence-electron chi connectivity index (χ4n) is 5.94. The maximum Gasteiger partial charge on any atom is 0.122 e. The SMILES string of the molecule is COc1ccc(CO[C@@H]2[C@@H](C)[C@@H]3O[C@H](CCOCc4ccccc4)[C@H](OCc4ccccc4)C[C@@H]3O[C@H]2CC=O)cc1. The third-order valence-corrected chi connectivity index (χ3v) is 8.23. The molecule has 2 aliphatic rings. The number of fused-ring (bicyclic) bond motifs is 1. The smallest absolute Gasteiger partial charge is 0.122 e. The van der Waals surface area contributed by atoms with E-state index in [-0.39, 0.29) is 49.0 Å². The van der Waals surface area contributed by atoms with E-state index >= 15 is 0 Å². The standard InChI is InChI=1S/C35H42O7/c1-25-34(40-24-28-13-15-29(37-2)16-14-28)31(17-19-36)41-33-21-32(39-23-27-11-7-4-8-12-27)30(42-35(25)33)18-20-38-22-26-9-5-3-6-10-26/h3-16,19,25,30-35H,17-18,20-24H2,1-2H3/t25-,30-,31+,32-,33+,34-,35+/m1/s1. The molecule has 3 aromatic rings. The minimum Gasteiger partial charge on any atom is -0.497 e. The Labute approximate surface area is 249 Å². The van der Waals surface area contributed by atoms with Crippen LogP contribution in [0.2, 0.25) is 0 Å². The molecule has 2 heterocycles. The van der Waals surface area contributed by atoms with Crippen molar-refractivity contribution in [1.29, 1.82) is 0 Å². The average Bonchev–Trinajstić information content (AvgIpc) is 3.03. The molecule has 224 valence electrons. The highest BCUT2D eigenvalue weighted by Gasteiger charge is 2.50. The zero-order valence-electron chi connectivity index (χ0n) is 24.5. The molecule has 0 spiro atoms. The third kappa shape index (κ3) is 8.06. The molecule has 0 N–H and O–H groups in total. The second kappa shape index (κ2) is 15.4. The van der Waals surface area contributed by atoms with E-state index in [1.54, 1.807) is 7.11 Å². The number of carbonyl (C=O) groups is 1. The molecule has 7 nitrogen and oxygen atoms in total. The summed E-state index contributed by atoms with van der Waals surface area (Å²) in [6.07, 6.45) is 1.28. The molecule has 0 amide bonds. The number of benzene rings is 3. The van der Waals surface area contributed by atoms with Gasteiger partial charge in [-0.1, -0.05) is 79.7 Å². The second-order valence-electron chi connectivity index (χ2n) is 11.1. The molecular formula is C35H42O7. The van der Waals surface area contributed by atoms with E-state index in [0.29, 0.717) is 39.3 Å². The van der Waals surface area contributed by atoms with Gasteiger partial charge in [0.1, 0.15) is 12.0 Å². The topological polar surface area (TPSA) is 72.5 Å². The van der Waals surface area contributed by atoms with Crippen molar-refractivity contribution in [1.82, 2.24) is 0 Å². The normalized spacial score (nSPS) is 27.2. The van der Waals surface area contributed by atoms with Crippen LogP contribution >= 0.6 is 0 Å². The van der Waals surface area contributed by atoms with Gasteiger partial charge in [-0.2, -0.15) is 0 Å². The highest BCUT2D eigenvalue weighted by Crippen LogP contribution is 2.39. The third-order valence-electron chi connectivity index (χ3n) is 8.23. The first-order chi connectivity index (χ1) is 20.6. The summed E-state index contributed by atoms with van der Waals surface area (Å²) in [4.78, 5) is 11.6. The molecule has 0 bridgehead atoms. The van der Waals surface area contributed by atoms with E-state index in [4.69, 9.17) is 28.4 Å². The highest BCUT2D eigenvalue weighted by atomic mass is 16.6. The summed E-state index contributed by atoms with van der Waals surface area (Å²) in [5.74, 6) is 0.822.